The fraction of sp³-hybridized carbons (Fsp3) is 0.167. The monoisotopic (exact) mass is 454 g/mol. The topological polar surface area (TPSA) is 96.5 Å². The minimum absolute atomic E-state index is 0.397. The highest BCUT2D eigenvalue weighted by atomic mass is 16.3. The number of fused-ring (bicyclic) bond motifs is 6. The quantitative estimate of drug-likeness (QED) is 0.254. The molecular formula is C30H22N4O. The van der Waals surface area contributed by atoms with E-state index in [1.54, 1.807) is 32.0 Å². The van der Waals surface area contributed by atoms with E-state index in [-0.39, 0.29) is 0 Å². The maximum atomic E-state index is 10.0. The van der Waals surface area contributed by atoms with Crippen molar-refractivity contribution >= 4 is 32.6 Å². The number of nitriles is 2. The predicted molar refractivity (Wildman–Crippen MR) is 139 cm³/mol. The van der Waals surface area contributed by atoms with Crippen LogP contribution < -0.4 is 0 Å². The number of aromatic nitrogens is 2. The molecule has 0 unspecified atom stereocenters. The molecule has 0 fully saturated rings. The van der Waals surface area contributed by atoms with Crippen molar-refractivity contribution in [2.75, 3.05) is 0 Å². The Hall–Kier alpha value is -4.63. The van der Waals surface area contributed by atoms with Crippen LogP contribution in [0, 0.1) is 34.5 Å². The average molecular weight is 455 g/mol. The Labute approximate surface area is 203 Å². The van der Waals surface area contributed by atoms with Gasteiger partial charge >= 0.3 is 0 Å². The number of nitrogens with one attached hydrogen (secondary N) is 1. The Morgan fingerprint density at radius 2 is 1.60 bits per heavy atom. The summed E-state index contributed by atoms with van der Waals surface area (Å²) < 4.78 is 0. The third-order valence-corrected chi connectivity index (χ3v) is 6.09. The summed E-state index contributed by atoms with van der Waals surface area (Å²) in [7, 11) is 0. The molecule has 35 heavy (non-hydrogen) atoms. The molecule has 1 heterocycles. The smallest absolute Gasteiger partial charge is 0.141 e. The Balaban J connectivity index is 1.89. The van der Waals surface area contributed by atoms with Gasteiger partial charge in [-0.1, -0.05) is 49.1 Å². The van der Waals surface area contributed by atoms with Crippen molar-refractivity contribution in [3.8, 4) is 35.4 Å². The zero-order valence-corrected chi connectivity index (χ0v) is 19.7. The number of aliphatic hydroxyl groups is 1. The number of aromatic amines is 1. The van der Waals surface area contributed by atoms with Crippen LogP contribution in [0.25, 0.3) is 44.0 Å². The second kappa shape index (κ2) is 8.30. The SMILES string of the molecule is CCc1ccc2c(c1)c1cc(C#CC(C)(C)O)ccc1c1[nH]c(-c3c(C#N)cccc3C#N)nc21. The van der Waals surface area contributed by atoms with Crippen LogP contribution in [0.5, 0.6) is 0 Å². The summed E-state index contributed by atoms with van der Waals surface area (Å²) in [4.78, 5) is 8.32. The van der Waals surface area contributed by atoms with Gasteiger partial charge in [-0.3, -0.25) is 0 Å². The summed E-state index contributed by atoms with van der Waals surface area (Å²) >= 11 is 0. The Morgan fingerprint density at radius 3 is 2.26 bits per heavy atom. The van der Waals surface area contributed by atoms with Gasteiger partial charge in [0.2, 0.25) is 0 Å². The van der Waals surface area contributed by atoms with Gasteiger partial charge in [0.05, 0.1) is 39.9 Å². The predicted octanol–water partition coefficient (Wildman–Crippen LogP) is 5.96. The molecule has 0 saturated carbocycles. The average Bonchev–Trinajstić information content (AvgIpc) is 3.31. The lowest BCUT2D eigenvalue weighted by molar-refractivity contribution is 0.143. The fourth-order valence-electron chi connectivity index (χ4n) is 4.40. The minimum atomic E-state index is -1.08. The number of hydrogen-bond acceptors (Lipinski definition) is 4. The highest BCUT2D eigenvalue weighted by Crippen LogP contribution is 2.37. The normalized spacial score (nSPS) is 11.3. The zero-order chi connectivity index (χ0) is 24.7. The van der Waals surface area contributed by atoms with Crippen molar-refractivity contribution < 1.29 is 5.11 Å². The Morgan fingerprint density at radius 1 is 0.914 bits per heavy atom. The molecular weight excluding hydrogens is 432 g/mol. The van der Waals surface area contributed by atoms with E-state index in [4.69, 9.17) is 4.98 Å². The van der Waals surface area contributed by atoms with Crippen molar-refractivity contribution in [2.24, 2.45) is 0 Å². The first-order valence-electron chi connectivity index (χ1n) is 11.4. The van der Waals surface area contributed by atoms with Gasteiger partial charge < -0.3 is 10.1 Å². The van der Waals surface area contributed by atoms with Gasteiger partial charge in [-0.15, -0.1) is 0 Å². The van der Waals surface area contributed by atoms with E-state index in [2.05, 4.69) is 54.1 Å². The molecule has 0 amide bonds. The standard InChI is InChI=1S/C30H22N4O/c1-4-18-8-10-22-24(14-18)25-15-19(12-13-30(2,3)35)9-11-23(25)28-27(22)33-29(34-28)26-20(16-31)6-5-7-21(26)17-32/h5-11,14-15,35H,4H2,1-3H3,(H,33,34). The van der Waals surface area contributed by atoms with Crippen LogP contribution in [0.2, 0.25) is 0 Å². The molecule has 0 bridgehead atoms. The lowest BCUT2D eigenvalue weighted by atomic mass is 9.96. The summed E-state index contributed by atoms with van der Waals surface area (Å²) in [6.45, 7) is 5.44. The molecule has 0 aliphatic rings. The molecule has 0 aliphatic carbocycles. The third-order valence-electron chi connectivity index (χ3n) is 6.09. The molecule has 0 aliphatic heterocycles. The van der Waals surface area contributed by atoms with E-state index in [1.165, 1.54) is 5.56 Å². The van der Waals surface area contributed by atoms with Crippen LogP contribution in [0.15, 0.2) is 54.6 Å². The minimum Gasteiger partial charge on any atom is -0.378 e. The summed E-state index contributed by atoms with van der Waals surface area (Å²) in [5.41, 5.74) is 3.87. The van der Waals surface area contributed by atoms with E-state index in [9.17, 15) is 15.6 Å². The molecule has 0 atom stereocenters. The van der Waals surface area contributed by atoms with Crippen molar-refractivity contribution in [2.45, 2.75) is 32.8 Å². The van der Waals surface area contributed by atoms with Gasteiger partial charge in [0.1, 0.15) is 11.4 Å². The van der Waals surface area contributed by atoms with Crippen molar-refractivity contribution in [1.82, 2.24) is 9.97 Å². The molecule has 4 aromatic carbocycles. The summed E-state index contributed by atoms with van der Waals surface area (Å²) in [5.74, 6) is 6.46. The van der Waals surface area contributed by atoms with Gasteiger partial charge in [0.15, 0.2) is 0 Å². The molecule has 1 aromatic heterocycles. The molecule has 5 nitrogen and oxygen atoms in total. The highest BCUT2D eigenvalue weighted by molar-refractivity contribution is 6.24. The van der Waals surface area contributed by atoms with Gasteiger partial charge in [-0.05, 0) is 60.9 Å². The summed E-state index contributed by atoms with van der Waals surface area (Å²) in [5, 5.41) is 33.4. The molecule has 168 valence electrons. The number of aryl methyl sites for hydroxylation is 1. The summed E-state index contributed by atoms with van der Waals surface area (Å²) in [6, 6.07) is 21.8. The van der Waals surface area contributed by atoms with Crippen molar-refractivity contribution in [1.29, 1.82) is 10.5 Å². The molecule has 0 saturated heterocycles. The maximum Gasteiger partial charge on any atom is 0.141 e. The van der Waals surface area contributed by atoms with E-state index < -0.39 is 5.60 Å². The number of rotatable bonds is 2. The van der Waals surface area contributed by atoms with E-state index in [0.717, 1.165) is 44.6 Å². The van der Waals surface area contributed by atoms with Gasteiger partial charge in [0, 0.05) is 16.3 Å². The van der Waals surface area contributed by atoms with Gasteiger partial charge in [-0.2, -0.15) is 10.5 Å². The van der Waals surface area contributed by atoms with Crippen LogP contribution in [-0.4, -0.2) is 20.7 Å². The largest absolute Gasteiger partial charge is 0.378 e. The fourth-order valence-corrected chi connectivity index (χ4v) is 4.40. The molecule has 5 rings (SSSR count). The molecule has 5 aromatic rings. The van der Waals surface area contributed by atoms with Crippen molar-refractivity contribution in [3.63, 3.8) is 0 Å². The van der Waals surface area contributed by atoms with E-state index in [0.29, 0.717) is 22.5 Å². The zero-order valence-electron chi connectivity index (χ0n) is 19.7. The van der Waals surface area contributed by atoms with Crippen LogP contribution in [0.4, 0.5) is 0 Å². The molecule has 5 heteroatoms. The Bertz CT molecular complexity index is 1760. The number of nitrogens with zero attached hydrogens (tertiary/aromatic N) is 3. The van der Waals surface area contributed by atoms with Crippen LogP contribution in [0.3, 0.4) is 0 Å². The summed E-state index contributed by atoms with van der Waals surface area (Å²) in [6.07, 6.45) is 0.903. The lowest BCUT2D eigenvalue weighted by Crippen LogP contribution is -2.14. The van der Waals surface area contributed by atoms with Crippen LogP contribution in [-0.2, 0) is 6.42 Å². The first-order valence-corrected chi connectivity index (χ1v) is 11.4. The maximum absolute atomic E-state index is 10.0. The van der Waals surface area contributed by atoms with Gasteiger partial charge in [0.25, 0.3) is 0 Å². The highest BCUT2D eigenvalue weighted by Gasteiger charge is 2.18. The number of benzene rings is 4. The van der Waals surface area contributed by atoms with Crippen LogP contribution >= 0.6 is 0 Å². The number of H-pyrrole nitrogens is 1. The Kier molecular flexibility index (Phi) is 5.26. The van der Waals surface area contributed by atoms with E-state index in [1.807, 2.05) is 18.2 Å². The van der Waals surface area contributed by atoms with Crippen LogP contribution in [0.1, 0.15) is 43.0 Å². The molecule has 2 N–H and O–H groups in total. The third kappa shape index (κ3) is 3.87. The molecule has 0 spiro atoms. The van der Waals surface area contributed by atoms with Crippen molar-refractivity contribution in [3.05, 3.63) is 76.9 Å². The first-order chi connectivity index (χ1) is 16.8. The number of hydrogen-bond donors (Lipinski definition) is 2. The second-order valence-corrected chi connectivity index (χ2v) is 9.06. The first kappa shape index (κ1) is 22.2. The number of imidazole rings is 1. The lowest BCUT2D eigenvalue weighted by Gasteiger charge is -2.09. The molecule has 0 radical (unpaired) electrons. The second-order valence-electron chi connectivity index (χ2n) is 9.06. The van der Waals surface area contributed by atoms with Gasteiger partial charge in [-0.25, -0.2) is 4.98 Å². The van der Waals surface area contributed by atoms with E-state index >= 15 is 0 Å².